The van der Waals surface area contributed by atoms with Gasteiger partial charge in [0.15, 0.2) is 0 Å². The van der Waals surface area contributed by atoms with Crippen molar-refractivity contribution >= 4 is 0 Å². The second-order valence-electron chi connectivity index (χ2n) is 14.7. The Hall–Kier alpha value is -3.44. The first kappa shape index (κ1) is 35.4. The molecule has 260 valence electrons. The van der Waals surface area contributed by atoms with Gasteiger partial charge in [-0.15, -0.1) is 0 Å². The van der Waals surface area contributed by atoms with Gasteiger partial charge in [-0.05, 0) is 134 Å². The molecule has 0 unspecified atom stereocenters. The fourth-order valence-corrected chi connectivity index (χ4v) is 8.31. The highest BCUT2D eigenvalue weighted by molar-refractivity contribution is 5.60. The zero-order valence-corrected chi connectivity index (χ0v) is 29.6. The quantitative estimate of drug-likeness (QED) is 0.126. The van der Waals surface area contributed by atoms with E-state index in [1.54, 1.807) is 12.1 Å². The molecule has 2 aromatic carbocycles. The topological polar surface area (TPSA) is 35.0 Å². The van der Waals surface area contributed by atoms with Gasteiger partial charge in [0.25, 0.3) is 0 Å². The maximum Gasteiger partial charge on any atom is 0.127 e. The van der Waals surface area contributed by atoms with E-state index < -0.39 is 0 Å². The Labute approximate surface area is 293 Å². The summed E-state index contributed by atoms with van der Waals surface area (Å²) in [6.07, 6.45) is 20.4. The van der Waals surface area contributed by atoms with E-state index >= 15 is 8.78 Å². The minimum Gasteiger partial charge on any atom is -0.381 e. The monoisotopic (exact) mass is 664 g/mol. The number of hydrogen-bond donors (Lipinski definition) is 0. The van der Waals surface area contributed by atoms with Crippen molar-refractivity contribution in [3.05, 3.63) is 107 Å². The molecule has 0 spiro atoms. The average Bonchev–Trinajstić information content (AvgIpc) is 3.14. The summed E-state index contributed by atoms with van der Waals surface area (Å²) in [5.41, 5.74) is 7.01. The van der Waals surface area contributed by atoms with Gasteiger partial charge in [-0.2, -0.15) is 0 Å². The van der Waals surface area contributed by atoms with Crippen molar-refractivity contribution in [2.45, 2.75) is 116 Å². The minimum absolute atomic E-state index is 0.246. The molecule has 2 aliphatic carbocycles. The highest BCUT2D eigenvalue weighted by Crippen LogP contribution is 2.39. The van der Waals surface area contributed by atoms with Gasteiger partial charge in [-0.1, -0.05) is 75.9 Å². The smallest absolute Gasteiger partial charge is 0.127 e. The molecule has 0 radical (unpaired) electrons. The van der Waals surface area contributed by atoms with Crippen LogP contribution in [0.25, 0.3) is 22.5 Å². The van der Waals surface area contributed by atoms with E-state index in [9.17, 15) is 0 Å². The Morgan fingerprint density at radius 3 is 1.35 bits per heavy atom. The maximum absolute atomic E-state index is 15.0. The SMILES string of the molecule is CCCC1CCC(c2ccc(-c3ccc(CCOCCc4ccc(-c5ccc(C6CCC(CCC)CC6)cn5)cc4F)c(F)c3)nc2)CC1. The molecule has 0 amide bonds. The van der Waals surface area contributed by atoms with E-state index in [2.05, 4.69) is 26.0 Å². The summed E-state index contributed by atoms with van der Waals surface area (Å²) in [6, 6.07) is 19.1. The van der Waals surface area contributed by atoms with E-state index in [1.165, 1.54) is 88.2 Å². The van der Waals surface area contributed by atoms with Gasteiger partial charge >= 0.3 is 0 Å². The number of hydrogen-bond acceptors (Lipinski definition) is 3. The summed E-state index contributed by atoms with van der Waals surface area (Å²) < 4.78 is 35.9. The lowest BCUT2D eigenvalue weighted by molar-refractivity contribution is 0.139. The first-order valence-corrected chi connectivity index (χ1v) is 19.1. The Bertz CT molecular complexity index is 1480. The lowest BCUT2D eigenvalue weighted by atomic mass is 9.77. The van der Waals surface area contributed by atoms with Gasteiger partial charge in [0.2, 0.25) is 0 Å². The fourth-order valence-electron chi connectivity index (χ4n) is 8.31. The molecular formula is C44H54F2N2O. The highest BCUT2D eigenvalue weighted by atomic mass is 19.1. The van der Waals surface area contributed by atoms with Crippen molar-refractivity contribution < 1.29 is 13.5 Å². The van der Waals surface area contributed by atoms with Crippen molar-refractivity contribution in [3.63, 3.8) is 0 Å². The van der Waals surface area contributed by atoms with Crippen LogP contribution in [-0.2, 0) is 17.6 Å². The molecule has 2 aliphatic rings. The predicted molar refractivity (Wildman–Crippen MR) is 197 cm³/mol. The van der Waals surface area contributed by atoms with Crippen LogP contribution in [-0.4, -0.2) is 23.2 Å². The number of rotatable bonds is 14. The molecule has 0 saturated heterocycles. The molecule has 0 aliphatic heterocycles. The van der Waals surface area contributed by atoms with Crippen LogP contribution >= 0.6 is 0 Å². The van der Waals surface area contributed by atoms with E-state index in [-0.39, 0.29) is 11.6 Å². The Balaban J connectivity index is 0.935. The summed E-state index contributed by atoms with van der Waals surface area (Å²) in [7, 11) is 0. The number of benzene rings is 2. The number of nitrogens with zero attached hydrogens (tertiary/aromatic N) is 2. The second-order valence-corrected chi connectivity index (χ2v) is 14.7. The molecule has 5 heteroatoms. The largest absolute Gasteiger partial charge is 0.381 e. The van der Waals surface area contributed by atoms with Crippen molar-refractivity contribution in [3.8, 4) is 22.5 Å². The minimum atomic E-state index is -0.246. The first-order chi connectivity index (χ1) is 24.0. The van der Waals surface area contributed by atoms with E-state index in [0.717, 1.165) is 34.4 Å². The first-order valence-electron chi connectivity index (χ1n) is 19.1. The van der Waals surface area contributed by atoms with Crippen LogP contribution in [0, 0.1) is 23.5 Å². The standard InChI is InChI=1S/C44H54F2N2O/c1-3-5-31-7-11-33(12-8-31)39-19-21-43(47-29-39)37-17-15-35(41(45)27-37)23-25-49-26-24-36-16-18-38(28-42(36)46)44-22-20-40(30-48-44)34-13-9-32(6-4-2)10-14-34/h15-22,27-34H,3-14,23-26H2,1-2H3. The lowest BCUT2D eigenvalue weighted by Crippen LogP contribution is -2.13. The van der Waals surface area contributed by atoms with Gasteiger partial charge in [0.05, 0.1) is 24.6 Å². The van der Waals surface area contributed by atoms with Crippen molar-refractivity contribution in [1.82, 2.24) is 9.97 Å². The number of pyridine rings is 2. The van der Waals surface area contributed by atoms with Gasteiger partial charge < -0.3 is 4.74 Å². The van der Waals surface area contributed by atoms with Crippen molar-refractivity contribution in [2.24, 2.45) is 11.8 Å². The average molecular weight is 665 g/mol. The molecule has 0 atom stereocenters. The van der Waals surface area contributed by atoms with Crippen LogP contribution in [0.15, 0.2) is 73.1 Å². The Morgan fingerprint density at radius 1 is 0.571 bits per heavy atom. The third-order valence-electron chi connectivity index (χ3n) is 11.3. The molecule has 2 saturated carbocycles. The number of ether oxygens (including phenoxy) is 1. The molecule has 2 aromatic heterocycles. The van der Waals surface area contributed by atoms with Crippen LogP contribution in [0.5, 0.6) is 0 Å². The molecule has 2 heterocycles. The van der Waals surface area contributed by atoms with Crippen LogP contribution in [0.2, 0.25) is 0 Å². The fraction of sp³-hybridized carbons (Fsp3) is 0.500. The van der Waals surface area contributed by atoms with Crippen LogP contribution in [0.3, 0.4) is 0 Å². The summed E-state index contributed by atoms with van der Waals surface area (Å²) >= 11 is 0. The molecule has 6 rings (SSSR count). The maximum atomic E-state index is 15.0. The predicted octanol–water partition coefficient (Wildman–Crippen LogP) is 12.0. The van der Waals surface area contributed by atoms with Gasteiger partial charge in [0, 0.05) is 23.5 Å². The summed E-state index contributed by atoms with van der Waals surface area (Å²) in [5.74, 6) is 2.46. The summed E-state index contributed by atoms with van der Waals surface area (Å²) in [6.45, 7) is 5.30. The van der Waals surface area contributed by atoms with Crippen molar-refractivity contribution in [2.75, 3.05) is 13.2 Å². The van der Waals surface area contributed by atoms with Gasteiger partial charge in [0.1, 0.15) is 11.6 Å². The van der Waals surface area contributed by atoms with Gasteiger partial charge in [-0.25, -0.2) is 8.78 Å². The molecule has 0 bridgehead atoms. The third-order valence-corrected chi connectivity index (χ3v) is 11.3. The summed E-state index contributed by atoms with van der Waals surface area (Å²) in [4.78, 5) is 9.39. The normalized spacial score (nSPS) is 21.1. The third kappa shape index (κ3) is 9.42. The van der Waals surface area contributed by atoms with E-state index in [0.29, 0.717) is 49.0 Å². The zero-order valence-electron chi connectivity index (χ0n) is 29.6. The van der Waals surface area contributed by atoms with E-state index in [1.807, 2.05) is 48.8 Å². The molecule has 0 N–H and O–H groups in total. The molecular weight excluding hydrogens is 610 g/mol. The van der Waals surface area contributed by atoms with Crippen molar-refractivity contribution in [1.29, 1.82) is 0 Å². The zero-order chi connectivity index (χ0) is 34.0. The Morgan fingerprint density at radius 2 is 1.00 bits per heavy atom. The van der Waals surface area contributed by atoms with E-state index in [4.69, 9.17) is 14.7 Å². The van der Waals surface area contributed by atoms with Gasteiger partial charge in [-0.3, -0.25) is 9.97 Å². The number of halogens is 2. The lowest BCUT2D eigenvalue weighted by Gasteiger charge is -2.28. The molecule has 4 aromatic rings. The molecule has 2 fully saturated rings. The van der Waals surface area contributed by atoms with Crippen LogP contribution in [0.1, 0.15) is 125 Å². The Kier molecular flexibility index (Phi) is 12.6. The molecule has 49 heavy (non-hydrogen) atoms. The van der Waals surface area contributed by atoms with Crippen LogP contribution < -0.4 is 0 Å². The highest BCUT2D eigenvalue weighted by Gasteiger charge is 2.23. The van der Waals surface area contributed by atoms with Crippen LogP contribution in [0.4, 0.5) is 8.78 Å². The number of aromatic nitrogens is 2. The molecule has 3 nitrogen and oxygen atoms in total. The second kappa shape index (κ2) is 17.5. The summed E-state index contributed by atoms with van der Waals surface area (Å²) in [5, 5.41) is 0.